The number of carbonyl (C=O) groups excluding carboxylic acids is 2. The summed E-state index contributed by atoms with van der Waals surface area (Å²) in [6, 6.07) is 32.7. The van der Waals surface area contributed by atoms with Crippen molar-refractivity contribution in [1.29, 1.82) is 0 Å². The van der Waals surface area contributed by atoms with Gasteiger partial charge in [0.15, 0.2) is 13.9 Å². The Morgan fingerprint density at radius 2 is 1.74 bits per heavy atom. The van der Waals surface area contributed by atoms with E-state index in [4.69, 9.17) is 4.74 Å². The average molecular weight is 741 g/mol. The van der Waals surface area contributed by atoms with Crippen LogP contribution >= 0.6 is 0 Å². The summed E-state index contributed by atoms with van der Waals surface area (Å²) in [5, 5.41) is 23.1. The molecule has 2 amide bonds. The van der Waals surface area contributed by atoms with Crippen LogP contribution < -0.4 is 10.2 Å². The molecule has 54 heavy (non-hydrogen) atoms. The van der Waals surface area contributed by atoms with E-state index >= 15 is 0 Å². The zero-order valence-electron chi connectivity index (χ0n) is 30.5. The van der Waals surface area contributed by atoms with Crippen molar-refractivity contribution in [2.45, 2.75) is 62.6 Å². The van der Waals surface area contributed by atoms with Gasteiger partial charge in [-0.1, -0.05) is 78.9 Å². The molecule has 1 fully saturated rings. The number of carbonyl (C=O) groups is 2. The molecule has 12 heteroatoms. The predicted octanol–water partition coefficient (Wildman–Crippen LogP) is 6.63. The first-order chi connectivity index (χ1) is 26.1. The molecule has 0 aliphatic carbocycles. The average Bonchev–Trinajstić information content (AvgIpc) is 3.93. The molecule has 1 unspecified atom stereocenters. The third kappa shape index (κ3) is 6.24. The van der Waals surface area contributed by atoms with E-state index in [1.807, 2.05) is 136 Å². The Kier molecular flexibility index (Phi) is 9.30. The third-order valence-electron chi connectivity index (χ3n) is 11.2. The van der Waals surface area contributed by atoms with Crippen molar-refractivity contribution < 1.29 is 24.2 Å². The maximum Gasteiger partial charge on any atom is 0.268 e. The lowest BCUT2D eigenvalue weighted by atomic mass is 9.82. The minimum absolute atomic E-state index is 0.105. The maximum absolute atomic E-state index is 15.0. The SMILES string of the molecule is C[C@@H]1[C@@H]([Si](C)(C)O)[C@H](CCn2cc(C(CO)c3ccccc3)nn2)O[C@@]12C(=O)N(c1ccccc1)c1ccc(NC(=O)Cc3c[nH]c4ccccc34)cc12. The lowest BCUT2D eigenvalue weighted by Crippen LogP contribution is -2.45. The smallest absolute Gasteiger partial charge is 0.268 e. The van der Waals surface area contributed by atoms with E-state index in [1.165, 1.54) is 0 Å². The van der Waals surface area contributed by atoms with Crippen molar-refractivity contribution in [3.63, 3.8) is 0 Å². The molecular weight excluding hydrogens is 697 g/mol. The van der Waals surface area contributed by atoms with Crippen LogP contribution in [0.4, 0.5) is 17.1 Å². The van der Waals surface area contributed by atoms with E-state index in [-0.39, 0.29) is 36.3 Å². The van der Waals surface area contributed by atoms with Crippen molar-refractivity contribution in [2.24, 2.45) is 5.92 Å². The number of rotatable bonds is 11. The van der Waals surface area contributed by atoms with Crippen LogP contribution in [0.25, 0.3) is 10.9 Å². The Morgan fingerprint density at radius 1 is 1.02 bits per heavy atom. The molecular formula is C42H44N6O5Si. The highest BCUT2D eigenvalue weighted by atomic mass is 28.4. The van der Waals surface area contributed by atoms with Gasteiger partial charge in [0.1, 0.15) is 0 Å². The molecule has 0 bridgehead atoms. The van der Waals surface area contributed by atoms with Gasteiger partial charge in [-0.3, -0.25) is 19.2 Å². The number of H-pyrrole nitrogens is 1. The van der Waals surface area contributed by atoms with E-state index in [2.05, 4.69) is 20.6 Å². The van der Waals surface area contributed by atoms with Gasteiger partial charge in [0.05, 0.1) is 36.4 Å². The first kappa shape index (κ1) is 35.6. The van der Waals surface area contributed by atoms with Crippen molar-refractivity contribution in [2.75, 3.05) is 16.8 Å². The number of nitrogens with one attached hydrogen (secondary N) is 2. The lowest BCUT2D eigenvalue weighted by Gasteiger charge is -2.32. The second kappa shape index (κ2) is 14.1. The summed E-state index contributed by atoms with van der Waals surface area (Å²) in [5.74, 6) is -1.10. The predicted molar refractivity (Wildman–Crippen MR) is 210 cm³/mol. The number of para-hydroxylation sites is 2. The number of fused-ring (bicyclic) bond motifs is 3. The van der Waals surface area contributed by atoms with Gasteiger partial charge in [-0.15, -0.1) is 5.10 Å². The summed E-state index contributed by atoms with van der Waals surface area (Å²) in [4.78, 5) is 45.2. The molecule has 1 saturated heterocycles. The topological polar surface area (TPSA) is 146 Å². The van der Waals surface area contributed by atoms with E-state index in [1.54, 1.807) is 9.58 Å². The molecule has 11 nitrogen and oxygen atoms in total. The lowest BCUT2D eigenvalue weighted by molar-refractivity contribution is -0.145. The monoisotopic (exact) mass is 740 g/mol. The van der Waals surface area contributed by atoms with E-state index in [9.17, 15) is 19.5 Å². The van der Waals surface area contributed by atoms with Gasteiger partial charge in [-0.2, -0.15) is 0 Å². The number of nitrogens with zero attached hydrogens (tertiary/aromatic N) is 4. The third-order valence-corrected chi connectivity index (χ3v) is 13.7. The highest BCUT2D eigenvalue weighted by molar-refractivity contribution is 6.71. The molecule has 2 aliphatic heterocycles. The van der Waals surface area contributed by atoms with Crippen LogP contribution in [0.15, 0.2) is 116 Å². The van der Waals surface area contributed by atoms with Crippen LogP contribution in [0.3, 0.4) is 0 Å². The maximum atomic E-state index is 15.0. The van der Waals surface area contributed by atoms with Crippen molar-refractivity contribution in [3.05, 3.63) is 138 Å². The van der Waals surface area contributed by atoms with Gasteiger partial charge < -0.3 is 24.9 Å². The zero-order chi connectivity index (χ0) is 37.6. The number of aromatic nitrogens is 4. The second-order valence-corrected chi connectivity index (χ2v) is 19.0. The van der Waals surface area contributed by atoms with Gasteiger partial charge in [0, 0.05) is 58.2 Å². The highest BCUT2D eigenvalue weighted by Gasteiger charge is 2.66. The Hall–Kier alpha value is -5.40. The number of hydrogen-bond acceptors (Lipinski definition) is 7. The fourth-order valence-electron chi connectivity index (χ4n) is 8.74. The Balaban J connectivity index is 1.11. The van der Waals surface area contributed by atoms with Gasteiger partial charge >= 0.3 is 0 Å². The van der Waals surface area contributed by atoms with Gasteiger partial charge in [0.2, 0.25) is 5.91 Å². The number of hydrogen-bond donors (Lipinski definition) is 4. The van der Waals surface area contributed by atoms with Gasteiger partial charge in [-0.25, -0.2) is 0 Å². The molecule has 4 aromatic carbocycles. The number of aryl methyl sites for hydroxylation is 1. The van der Waals surface area contributed by atoms with Crippen molar-refractivity contribution in [1.82, 2.24) is 20.0 Å². The molecule has 276 valence electrons. The molecule has 4 heterocycles. The summed E-state index contributed by atoms with van der Waals surface area (Å²) < 4.78 is 8.82. The van der Waals surface area contributed by atoms with Crippen molar-refractivity contribution in [3.8, 4) is 0 Å². The summed E-state index contributed by atoms with van der Waals surface area (Å²) in [6.07, 6.45) is 3.88. The highest BCUT2D eigenvalue weighted by Crippen LogP contribution is 2.61. The minimum atomic E-state index is -2.94. The van der Waals surface area contributed by atoms with Gasteiger partial charge in [0.25, 0.3) is 5.91 Å². The number of aliphatic hydroxyl groups is 1. The standard InChI is InChI=1S/C42H44N6O5Si/c1-27-40(54(2,3)52)38(20-21-47-25-36(45-46-47)33(26-49)28-12-6-4-7-13-28)53-42(27)34-23-30(18-19-37(34)48(41(42)51)31-14-8-5-9-15-31)44-39(50)22-29-24-43-35-17-11-10-16-32(29)35/h4-19,23-25,27,33,38,40,43,49,52H,20-22,26H2,1-3H3,(H,44,50)/t27-,33?,38+,40-,42+/m1/s1. The second-order valence-electron chi connectivity index (χ2n) is 15.0. The van der Waals surface area contributed by atoms with Crippen LogP contribution in [0.5, 0.6) is 0 Å². The minimum Gasteiger partial charge on any atom is -0.432 e. The number of amides is 2. The van der Waals surface area contributed by atoms with E-state index in [0.29, 0.717) is 41.3 Å². The molecule has 4 N–H and O–H groups in total. The normalized spacial score (nSPS) is 21.5. The first-order valence-electron chi connectivity index (χ1n) is 18.4. The molecule has 2 aromatic heterocycles. The van der Waals surface area contributed by atoms with E-state index < -0.39 is 25.9 Å². The summed E-state index contributed by atoms with van der Waals surface area (Å²) in [7, 11) is -2.94. The number of aliphatic hydroxyl groups excluding tert-OH is 1. The molecule has 0 saturated carbocycles. The Labute approximate surface area is 314 Å². The molecule has 2 aliphatic rings. The van der Waals surface area contributed by atoms with Crippen LogP contribution in [0.2, 0.25) is 18.6 Å². The number of anilines is 3. The molecule has 1 spiro atoms. The molecule has 0 radical (unpaired) electrons. The Morgan fingerprint density at radius 3 is 2.48 bits per heavy atom. The molecule has 8 rings (SSSR count). The van der Waals surface area contributed by atoms with Crippen LogP contribution in [0, 0.1) is 5.92 Å². The molecule has 6 aromatic rings. The van der Waals surface area contributed by atoms with Crippen molar-refractivity contribution >= 4 is 48.1 Å². The fourth-order valence-corrected chi connectivity index (χ4v) is 11.3. The van der Waals surface area contributed by atoms with Crippen LogP contribution in [-0.4, -0.2) is 62.7 Å². The summed E-state index contributed by atoms with van der Waals surface area (Å²) in [6.45, 7) is 6.14. The van der Waals surface area contributed by atoms with Crippen LogP contribution in [-0.2, 0) is 32.9 Å². The number of aromatic amines is 1. The number of ether oxygens (including phenoxy) is 1. The van der Waals surface area contributed by atoms with Crippen LogP contribution in [0.1, 0.15) is 41.6 Å². The largest absolute Gasteiger partial charge is 0.432 e. The summed E-state index contributed by atoms with van der Waals surface area (Å²) >= 11 is 0. The van der Waals surface area contributed by atoms with E-state index in [0.717, 1.165) is 22.0 Å². The molecule has 5 atom stereocenters. The Bertz CT molecular complexity index is 2300. The quantitative estimate of drug-likeness (QED) is 0.109. The van der Waals surface area contributed by atoms with Gasteiger partial charge in [-0.05, 0) is 67.0 Å². The first-order valence-corrected chi connectivity index (χ1v) is 21.5. The zero-order valence-corrected chi connectivity index (χ0v) is 31.5. The fraction of sp³-hybridized carbons (Fsp3) is 0.286. The number of benzene rings is 4. The summed E-state index contributed by atoms with van der Waals surface area (Å²) in [5.41, 5.74) is 4.37.